The molecule has 23 heavy (non-hydrogen) atoms. The Morgan fingerprint density at radius 3 is 2.74 bits per heavy atom. The number of rotatable bonds is 4. The number of aliphatic hydroxyl groups is 1. The van der Waals surface area contributed by atoms with Crippen molar-refractivity contribution in [3.05, 3.63) is 70.8 Å². The van der Waals surface area contributed by atoms with Crippen molar-refractivity contribution in [3.8, 4) is 0 Å². The lowest BCUT2D eigenvalue weighted by molar-refractivity contribution is 0.0595. The molecular formula is C19H21NO3. The smallest absolute Gasteiger partial charge is 0.338 e. The maximum Gasteiger partial charge on any atom is 0.338 e. The first-order valence-corrected chi connectivity index (χ1v) is 7.83. The predicted octanol–water partition coefficient (Wildman–Crippen LogP) is 2.56. The minimum Gasteiger partial charge on any atom is -0.465 e. The molecule has 1 aliphatic heterocycles. The molecule has 1 unspecified atom stereocenters. The molecule has 0 aromatic heterocycles. The second-order valence-electron chi connectivity index (χ2n) is 5.77. The molecule has 0 fully saturated rings. The Morgan fingerprint density at radius 1 is 1.22 bits per heavy atom. The number of fused-ring (bicyclic) bond motifs is 1. The first-order chi connectivity index (χ1) is 11.2. The number of hydrogen-bond donors (Lipinski definition) is 1. The van der Waals surface area contributed by atoms with E-state index in [1.54, 1.807) is 6.07 Å². The zero-order valence-corrected chi connectivity index (χ0v) is 13.2. The lowest BCUT2D eigenvalue weighted by Gasteiger charge is -2.36. The minimum atomic E-state index is -0.321. The van der Waals surface area contributed by atoms with Crippen LogP contribution in [0.4, 0.5) is 0 Å². The highest BCUT2D eigenvalue weighted by atomic mass is 16.5. The Labute approximate surface area is 136 Å². The lowest BCUT2D eigenvalue weighted by atomic mass is 9.92. The van der Waals surface area contributed by atoms with Gasteiger partial charge in [-0.25, -0.2) is 4.79 Å². The molecule has 1 atom stereocenters. The molecule has 0 radical (unpaired) electrons. The van der Waals surface area contributed by atoms with E-state index >= 15 is 0 Å². The molecule has 120 valence electrons. The zero-order chi connectivity index (χ0) is 16.2. The quantitative estimate of drug-likeness (QED) is 0.882. The van der Waals surface area contributed by atoms with Crippen molar-refractivity contribution in [2.45, 2.75) is 19.0 Å². The summed E-state index contributed by atoms with van der Waals surface area (Å²) in [5.74, 6) is -0.321. The van der Waals surface area contributed by atoms with Crippen LogP contribution < -0.4 is 0 Å². The molecule has 2 aromatic rings. The van der Waals surface area contributed by atoms with Crippen molar-refractivity contribution in [2.24, 2.45) is 0 Å². The first-order valence-electron chi connectivity index (χ1n) is 7.83. The van der Waals surface area contributed by atoms with Crippen LogP contribution in [0, 0.1) is 0 Å². The Bertz CT molecular complexity index is 699. The lowest BCUT2D eigenvalue weighted by Crippen LogP contribution is -2.37. The molecule has 0 saturated carbocycles. The zero-order valence-electron chi connectivity index (χ0n) is 13.2. The second kappa shape index (κ2) is 6.94. The molecule has 1 heterocycles. The molecule has 0 bridgehead atoms. The monoisotopic (exact) mass is 311 g/mol. The molecule has 4 heteroatoms. The number of ether oxygens (including phenoxy) is 1. The highest BCUT2D eigenvalue weighted by Crippen LogP contribution is 2.31. The first kappa shape index (κ1) is 15.7. The number of hydrogen-bond acceptors (Lipinski definition) is 4. The number of carbonyl (C=O) groups is 1. The molecule has 0 amide bonds. The van der Waals surface area contributed by atoms with E-state index in [1.807, 2.05) is 30.3 Å². The fourth-order valence-electron chi connectivity index (χ4n) is 3.29. The van der Waals surface area contributed by atoms with Crippen molar-refractivity contribution in [1.29, 1.82) is 0 Å². The van der Waals surface area contributed by atoms with Gasteiger partial charge in [-0.05, 0) is 29.2 Å². The van der Waals surface area contributed by atoms with E-state index in [2.05, 4.69) is 17.0 Å². The molecular weight excluding hydrogens is 290 g/mol. The van der Waals surface area contributed by atoms with Crippen molar-refractivity contribution < 1.29 is 14.6 Å². The van der Waals surface area contributed by atoms with E-state index in [4.69, 9.17) is 4.74 Å². The average molecular weight is 311 g/mol. The van der Waals surface area contributed by atoms with Gasteiger partial charge < -0.3 is 9.84 Å². The van der Waals surface area contributed by atoms with Crippen LogP contribution in [0.25, 0.3) is 0 Å². The van der Waals surface area contributed by atoms with Crippen LogP contribution in [0.15, 0.2) is 48.5 Å². The topological polar surface area (TPSA) is 49.8 Å². The van der Waals surface area contributed by atoms with Crippen molar-refractivity contribution in [2.75, 3.05) is 20.3 Å². The van der Waals surface area contributed by atoms with Crippen molar-refractivity contribution in [1.82, 2.24) is 4.90 Å². The summed E-state index contributed by atoms with van der Waals surface area (Å²) in [5.41, 5.74) is 3.99. The SMILES string of the molecule is COC(=O)c1ccccc1CN1CCc2ccccc2C1CO. The van der Waals surface area contributed by atoms with Crippen molar-refractivity contribution in [3.63, 3.8) is 0 Å². The van der Waals surface area contributed by atoms with Crippen molar-refractivity contribution >= 4 is 5.97 Å². The standard InChI is InChI=1S/C19H21NO3/c1-23-19(22)17-9-5-3-7-15(17)12-20-11-10-14-6-2-4-8-16(14)18(20)13-21/h2-9,18,21H,10-13H2,1H3. The van der Waals surface area contributed by atoms with E-state index < -0.39 is 0 Å². The van der Waals surface area contributed by atoms with Gasteiger partial charge in [0.2, 0.25) is 0 Å². The minimum absolute atomic E-state index is 0.0364. The Balaban J connectivity index is 1.88. The maximum absolute atomic E-state index is 11.9. The summed E-state index contributed by atoms with van der Waals surface area (Å²) in [6.07, 6.45) is 0.951. The summed E-state index contributed by atoms with van der Waals surface area (Å²) in [7, 11) is 1.40. The van der Waals surface area contributed by atoms with E-state index in [1.165, 1.54) is 18.2 Å². The van der Waals surface area contributed by atoms with E-state index in [-0.39, 0.29) is 18.6 Å². The normalized spacial score (nSPS) is 17.6. The molecule has 1 aliphatic rings. The van der Waals surface area contributed by atoms with Gasteiger partial charge in [0.05, 0.1) is 25.3 Å². The maximum atomic E-state index is 11.9. The Kier molecular flexibility index (Phi) is 4.74. The number of esters is 1. The van der Waals surface area contributed by atoms with Gasteiger partial charge >= 0.3 is 5.97 Å². The summed E-state index contributed by atoms with van der Waals surface area (Å²) in [6, 6.07) is 15.7. The van der Waals surface area contributed by atoms with Gasteiger partial charge in [0.15, 0.2) is 0 Å². The van der Waals surface area contributed by atoms with Gasteiger partial charge in [0.25, 0.3) is 0 Å². The van der Waals surface area contributed by atoms with Crippen LogP contribution >= 0.6 is 0 Å². The van der Waals surface area contributed by atoms with Gasteiger partial charge in [-0.2, -0.15) is 0 Å². The summed E-state index contributed by atoms with van der Waals surface area (Å²) < 4.78 is 4.87. The van der Waals surface area contributed by atoms with Crippen LogP contribution in [-0.4, -0.2) is 36.2 Å². The molecule has 3 rings (SSSR count). The second-order valence-corrected chi connectivity index (χ2v) is 5.77. The van der Waals surface area contributed by atoms with Crippen LogP contribution in [-0.2, 0) is 17.7 Å². The molecule has 4 nitrogen and oxygen atoms in total. The fourth-order valence-corrected chi connectivity index (χ4v) is 3.29. The van der Waals surface area contributed by atoms with Gasteiger partial charge in [-0.1, -0.05) is 42.5 Å². The number of methoxy groups -OCH3 is 1. The fraction of sp³-hybridized carbons (Fsp3) is 0.316. The highest BCUT2D eigenvalue weighted by molar-refractivity contribution is 5.90. The van der Waals surface area contributed by atoms with Gasteiger partial charge in [0.1, 0.15) is 0 Å². The van der Waals surface area contributed by atoms with Gasteiger partial charge in [-0.15, -0.1) is 0 Å². The number of benzene rings is 2. The van der Waals surface area contributed by atoms with Crippen LogP contribution in [0.1, 0.15) is 33.1 Å². The third-order valence-corrected chi connectivity index (χ3v) is 4.49. The van der Waals surface area contributed by atoms with Crippen LogP contribution in [0.5, 0.6) is 0 Å². The molecule has 2 aromatic carbocycles. The summed E-state index contributed by atoms with van der Waals surface area (Å²) in [5, 5.41) is 9.88. The highest BCUT2D eigenvalue weighted by Gasteiger charge is 2.27. The Morgan fingerprint density at radius 2 is 1.96 bits per heavy atom. The van der Waals surface area contributed by atoms with Gasteiger partial charge in [-0.3, -0.25) is 4.90 Å². The largest absolute Gasteiger partial charge is 0.465 e. The van der Waals surface area contributed by atoms with E-state index in [0.29, 0.717) is 12.1 Å². The summed E-state index contributed by atoms with van der Waals surface area (Å²) in [4.78, 5) is 14.2. The summed E-state index contributed by atoms with van der Waals surface area (Å²) >= 11 is 0. The predicted molar refractivity (Wildman–Crippen MR) is 88.2 cm³/mol. The van der Waals surface area contributed by atoms with E-state index in [9.17, 15) is 9.90 Å². The molecule has 0 aliphatic carbocycles. The average Bonchev–Trinajstić information content (AvgIpc) is 2.61. The molecule has 0 spiro atoms. The van der Waals surface area contributed by atoms with Gasteiger partial charge in [0, 0.05) is 13.1 Å². The number of nitrogens with zero attached hydrogens (tertiary/aromatic N) is 1. The third-order valence-electron chi connectivity index (χ3n) is 4.49. The van der Waals surface area contributed by atoms with Crippen LogP contribution in [0.3, 0.4) is 0 Å². The summed E-state index contributed by atoms with van der Waals surface area (Å²) in [6.45, 7) is 1.54. The third kappa shape index (κ3) is 3.14. The Hall–Kier alpha value is -2.17. The van der Waals surface area contributed by atoms with Crippen LogP contribution in [0.2, 0.25) is 0 Å². The number of aliphatic hydroxyl groups excluding tert-OH is 1. The molecule has 0 saturated heterocycles. The van der Waals surface area contributed by atoms with E-state index in [0.717, 1.165) is 18.5 Å². The molecule has 1 N–H and O–H groups in total. The number of carbonyl (C=O) groups excluding carboxylic acids is 1.